The molecule has 2 nitrogen and oxygen atoms in total. The first-order valence-electron chi connectivity index (χ1n) is 5.61. The molecule has 0 aromatic carbocycles. The molecule has 14 heavy (non-hydrogen) atoms. The number of hydrogen-bond acceptors (Lipinski definition) is 2. The average Bonchev–Trinajstić information content (AvgIpc) is 2.02. The van der Waals surface area contributed by atoms with E-state index in [-0.39, 0.29) is 0 Å². The number of hydrogen-bond donors (Lipinski definition) is 1. The van der Waals surface area contributed by atoms with Crippen LogP contribution in [0.1, 0.15) is 33.6 Å². The molecule has 0 bridgehead atoms. The van der Waals surface area contributed by atoms with Crippen molar-refractivity contribution in [1.82, 2.24) is 4.90 Å². The quantitative estimate of drug-likeness (QED) is 0.700. The molecule has 0 spiro atoms. The summed E-state index contributed by atoms with van der Waals surface area (Å²) in [5, 5.41) is 0. The number of likely N-dealkylation sites (tertiary alicyclic amines) is 1. The molecule has 0 amide bonds. The van der Waals surface area contributed by atoms with Gasteiger partial charge >= 0.3 is 0 Å². The minimum absolute atomic E-state index is 0.501. The molecule has 1 heterocycles. The molecule has 1 fully saturated rings. The van der Waals surface area contributed by atoms with Gasteiger partial charge in [0.25, 0.3) is 0 Å². The lowest BCUT2D eigenvalue weighted by Gasteiger charge is -2.38. The van der Waals surface area contributed by atoms with Gasteiger partial charge in [0.05, 0.1) is 0 Å². The predicted molar refractivity (Wildman–Crippen MR) is 62.3 cm³/mol. The molecule has 1 aliphatic rings. The van der Waals surface area contributed by atoms with Crippen molar-refractivity contribution in [3.05, 3.63) is 11.6 Å². The summed E-state index contributed by atoms with van der Waals surface area (Å²) in [6, 6.07) is 0. The molecule has 0 aromatic heterocycles. The van der Waals surface area contributed by atoms with Gasteiger partial charge in [-0.25, -0.2) is 0 Å². The van der Waals surface area contributed by atoms with Crippen LogP contribution in [0.3, 0.4) is 0 Å². The van der Waals surface area contributed by atoms with Gasteiger partial charge < -0.3 is 5.73 Å². The Morgan fingerprint density at radius 2 is 2.21 bits per heavy atom. The Morgan fingerprint density at radius 1 is 1.50 bits per heavy atom. The molecule has 1 rings (SSSR count). The van der Waals surface area contributed by atoms with Crippen molar-refractivity contribution >= 4 is 0 Å². The van der Waals surface area contributed by atoms with E-state index in [0.717, 1.165) is 6.54 Å². The van der Waals surface area contributed by atoms with Gasteiger partial charge in [-0.1, -0.05) is 25.5 Å². The van der Waals surface area contributed by atoms with E-state index in [1.165, 1.54) is 31.5 Å². The van der Waals surface area contributed by atoms with Crippen LogP contribution in [0, 0.1) is 5.41 Å². The van der Waals surface area contributed by atoms with Crippen molar-refractivity contribution in [1.29, 1.82) is 0 Å². The van der Waals surface area contributed by atoms with E-state index in [0.29, 0.717) is 12.0 Å². The smallest absolute Gasteiger partial charge is 0.0190 e. The lowest BCUT2D eigenvalue weighted by molar-refractivity contribution is 0.127. The summed E-state index contributed by atoms with van der Waals surface area (Å²) in [6.07, 6.45) is 4.83. The van der Waals surface area contributed by atoms with Gasteiger partial charge in [-0.3, -0.25) is 4.90 Å². The zero-order valence-corrected chi connectivity index (χ0v) is 9.84. The fourth-order valence-corrected chi connectivity index (χ4v) is 2.30. The normalized spacial score (nSPS) is 23.9. The van der Waals surface area contributed by atoms with Gasteiger partial charge in [0.15, 0.2) is 0 Å². The highest BCUT2D eigenvalue weighted by Gasteiger charge is 2.25. The number of piperidine rings is 1. The minimum atomic E-state index is 0.501. The highest BCUT2D eigenvalue weighted by atomic mass is 15.1. The van der Waals surface area contributed by atoms with Crippen LogP contribution in [0.25, 0.3) is 0 Å². The second kappa shape index (κ2) is 4.94. The molecule has 0 atom stereocenters. The second-order valence-corrected chi connectivity index (χ2v) is 5.26. The summed E-state index contributed by atoms with van der Waals surface area (Å²) in [5.41, 5.74) is 7.40. The van der Waals surface area contributed by atoms with Crippen molar-refractivity contribution in [3.8, 4) is 0 Å². The van der Waals surface area contributed by atoms with E-state index in [1.807, 2.05) is 0 Å². The molecular weight excluding hydrogens is 172 g/mol. The first-order chi connectivity index (χ1) is 6.53. The van der Waals surface area contributed by atoms with Crippen molar-refractivity contribution in [2.75, 3.05) is 26.2 Å². The van der Waals surface area contributed by atoms with Crippen LogP contribution in [0.5, 0.6) is 0 Å². The lowest BCUT2D eigenvalue weighted by atomic mass is 9.84. The molecule has 0 aromatic rings. The van der Waals surface area contributed by atoms with Gasteiger partial charge in [-0.2, -0.15) is 0 Å². The molecule has 1 saturated heterocycles. The molecule has 0 unspecified atom stereocenters. The average molecular weight is 196 g/mol. The topological polar surface area (TPSA) is 29.3 Å². The van der Waals surface area contributed by atoms with Gasteiger partial charge in [0.2, 0.25) is 0 Å². The molecule has 82 valence electrons. The molecule has 0 aliphatic carbocycles. The van der Waals surface area contributed by atoms with Crippen molar-refractivity contribution in [2.45, 2.75) is 33.6 Å². The SMILES string of the molecule is C/C(=C\CN)CN1CCCC(C)(C)C1. The Labute approximate surface area is 88.2 Å². The zero-order chi connectivity index (χ0) is 10.6. The summed E-state index contributed by atoms with van der Waals surface area (Å²) < 4.78 is 0. The molecule has 0 saturated carbocycles. The van der Waals surface area contributed by atoms with E-state index < -0.39 is 0 Å². The van der Waals surface area contributed by atoms with Crippen molar-refractivity contribution < 1.29 is 0 Å². The molecule has 0 radical (unpaired) electrons. The monoisotopic (exact) mass is 196 g/mol. The molecule has 1 aliphatic heterocycles. The van der Waals surface area contributed by atoms with Gasteiger partial charge in [-0.15, -0.1) is 0 Å². The Balaban J connectivity index is 2.42. The fourth-order valence-electron chi connectivity index (χ4n) is 2.30. The third kappa shape index (κ3) is 3.81. The first-order valence-corrected chi connectivity index (χ1v) is 5.61. The fraction of sp³-hybridized carbons (Fsp3) is 0.833. The van der Waals surface area contributed by atoms with E-state index >= 15 is 0 Å². The van der Waals surface area contributed by atoms with Crippen LogP contribution in [-0.4, -0.2) is 31.1 Å². The number of nitrogens with zero attached hydrogens (tertiary/aromatic N) is 1. The van der Waals surface area contributed by atoms with E-state index in [1.54, 1.807) is 0 Å². The molecule has 2 heteroatoms. The largest absolute Gasteiger partial charge is 0.327 e. The third-order valence-electron chi connectivity index (χ3n) is 2.92. The minimum Gasteiger partial charge on any atom is -0.327 e. The highest BCUT2D eigenvalue weighted by molar-refractivity contribution is 5.02. The van der Waals surface area contributed by atoms with Crippen LogP contribution in [0.2, 0.25) is 0 Å². The first kappa shape index (κ1) is 11.7. The maximum absolute atomic E-state index is 5.49. The van der Waals surface area contributed by atoms with Crippen molar-refractivity contribution in [3.63, 3.8) is 0 Å². The molecular formula is C12H24N2. The molecule has 2 N–H and O–H groups in total. The number of rotatable bonds is 3. The van der Waals surface area contributed by atoms with Crippen LogP contribution >= 0.6 is 0 Å². The van der Waals surface area contributed by atoms with Gasteiger partial charge in [0.1, 0.15) is 0 Å². The van der Waals surface area contributed by atoms with Crippen LogP contribution < -0.4 is 5.73 Å². The summed E-state index contributed by atoms with van der Waals surface area (Å²) in [6.45, 7) is 11.1. The van der Waals surface area contributed by atoms with Crippen LogP contribution in [0.15, 0.2) is 11.6 Å². The van der Waals surface area contributed by atoms with E-state index in [4.69, 9.17) is 5.73 Å². The second-order valence-electron chi connectivity index (χ2n) is 5.26. The number of nitrogens with two attached hydrogens (primary N) is 1. The maximum Gasteiger partial charge on any atom is 0.0190 e. The zero-order valence-electron chi connectivity index (χ0n) is 9.84. The third-order valence-corrected chi connectivity index (χ3v) is 2.92. The summed E-state index contributed by atoms with van der Waals surface area (Å²) in [7, 11) is 0. The Hall–Kier alpha value is -0.340. The Bertz CT molecular complexity index is 206. The summed E-state index contributed by atoms with van der Waals surface area (Å²) in [5.74, 6) is 0. The van der Waals surface area contributed by atoms with Gasteiger partial charge in [-0.05, 0) is 31.7 Å². The Morgan fingerprint density at radius 3 is 2.79 bits per heavy atom. The van der Waals surface area contributed by atoms with E-state index in [9.17, 15) is 0 Å². The highest BCUT2D eigenvalue weighted by Crippen LogP contribution is 2.28. The predicted octanol–water partition coefficient (Wildman–Crippen LogP) is 2.01. The van der Waals surface area contributed by atoms with Crippen molar-refractivity contribution in [2.24, 2.45) is 11.1 Å². The van der Waals surface area contributed by atoms with E-state index in [2.05, 4.69) is 31.7 Å². The van der Waals surface area contributed by atoms with Crippen LogP contribution in [0.4, 0.5) is 0 Å². The lowest BCUT2D eigenvalue weighted by Crippen LogP contribution is -2.40. The maximum atomic E-state index is 5.49. The van der Waals surface area contributed by atoms with Gasteiger partial charge in [0, 0.05) is 19.6 Å². The standard InChI is InChI=1S/C12H24N2/c1-11(5-7-13)9-14-8-4-6-12(2,3)10-14/h5H,4,6-10,13H2,1-3H3/b11-5+. The summed E-state index contributed by atoms with van der Waals surface area (Å²) in [4.78, 5) is 2.55. The van der Waals surface area contributed by atoms with Crippen LogP contribution in [-0.2, 0) is 0 Å². The summed E-state index contributed by atoms with van der Waals surface area (Å²) >= 11 is 0. The Kier molecular flexibility index (Phi) is 4.14.